The Kier molecular flexibility index (Phi) is 5.66. The normalized spacial score (nSPS) is 24.8. The highest BCUT2D eigenvalue weighted by atomic mass is 32.2. The summed E-state index contributed by atoms with van der Waals surface area (Å²) in [4.78, 5) is 2.54. The van der Waals surface area contributed by atoms with Gasteiger partial charge in [0.05, 0.1) is 5.75 Å². The fourth-order valence-electron chi connectivity index (χ4n) is 2.91. The van der Waals surface area contributed by atoms with E-state index < -0.39 is 9.84 Å². The van der Waals surface area contributed by atoms with Crippen molar-refractivity contribution in [1.82, 2.24) is 10.2 Å². The molecule has 2 fully saturated rings. The van der Waals surface area contributed by atoms with Crippen molar-refractivity contribution in [1.29, 1.82) is 0 Å². The van der Waals surface area contributed by atoms with Gasteiger partial charge in [-0.1, -0.05) is 6.92 Å². The van der Waals surface area contributed by atoms with E-state index in [-0.39, 0.29) is 5.75 Å². The molecule has 1 saturated carbocycles. The quantitative estimate of drug-likeness (QED) is 0.731. The highest BCUT2D eigenvalue weighted by molar-refractivity contribution is 7.91. The molecule has 1 N–H and O–H groups in total. The molecule has 1 heterocycles. The van der Waals surface area contributed by atoms with Crippen molar-refractivity contribution >= 4 is 9.84 Å². The van der Waals surface area contributed by atoms with Crippen LogP contribution in [0, 0.1) is 5.92 Å². The molecule has 112 valence electrons. The van der Waals surface area contributed by atoms with Crippen molar-refractivity contribution in [3.05, 3.63) is 0 Å². The summed E-state index contributed by atoms with van der Waals surface area (Å²) in [5, 5.41) is 3.47. The van der Waals surface area contributed by atoms with Crippen LogP contribution in [-0.2, 0) is 9.84 Å². The Labute approximate surface area is 117 Å². The van der Waals surface area contributed by atoms with Crippen LogP contribution in [0.3, 0.4) is 0 Å². The molecule has 19 heavy (non-hydrogen) atoms. The molecule has 0 aromatic heterocycles. The highest BCUT2D eigenvalue weighted by Gasteiger charge is 2.30. The number of hydrogen-bond acceptors (Lipinski definition) is 4. The Morgan fingerprint density at radius 3 is 2.63 bits per heavy atom. The summed E-state index contributed by atoms with van der Waals surface area (Å²) in [6, 6.07) is 0.742. The first kappa shape index (κ1) is 15.3. The molecule has 1 unspecified atom stereocenters. The molecule has 1 atom stereocenters. The predicted molar refractivity (Wildman–Crippen MR) is 79.1 cm³/mol. The lowest BCUT2D eigenvalue weighted by atomic mass is 9.99. The van der Waals surface area contributed by atoms with Crippen LogP contribution in [0.15, 0.2) is 0 Å². The van der Waals surface area contributed by atoms with E-state index in [9.17, 15) is 8.42 Å². The monoisotopic (exact) mass is 288 g/mol. The number of nitrogens with one attached hydrogen (secondary N) is 1. The van der Waals surface area contributed by atoms with E-state index in [1.807, 2.05) is 0 Å². The molecule has 0 radical (unpaired) electrons. The summed E-state index contributed by atoms with van der Waals surface area (Å²) in [7, 11) is -2.79. The second-order valence-electron chi connectivity index (χ2n) is 6.03. The number of piperidine rings is 1. The van der Waals surface area contributed by atoms with E-state index in [0.717, 1.165) is 44.6 Å². The van der Waals surface area contributed by atoms with Crippen LogP contribution in [0.5, 0.6) is 0 Å². The molecule has 0 spiro atoms. The summed E-state index contributed by atoms with van der Waals surface area (Å²) < 4.78 is 23.1. The van der Waals surface area contributed by atoms with Gasteiger partial charge in [-0.2, -0.15) is 0 Å². The topological polar surface area (TPSA) is 49.4 Å². The van der Waals surface area contributed by atoms with Gasteiger partial charge in [-0.05, 0) is 57.7 Å². The molecule has 0 aromatic carbocycles. The third-order valence-electron chi connectivity index (χ3n) is 4.30. The molecule has 1 saturated heterocycles. The second-order valence-corrected chi connectivity index (χ2v) is 8.50. The highest BCUT2D eigenvalue weighted by Crippen LogP contribution is 2.28. The zero-order valence-corrected chi connectivity index (χ0v) is 12.9. The van der Waals surface area contributed by atoms with Crippen LogP contribution in [-0.4, -0.2) is 57.0 Å². The Morgan fingerprint density at radius 1 is 1.26 bits per heavy atom. The van der Waals surface area contributed by atoms with Crippen molar-refractivity contribution in [2.45, 2.75) is 45.1 Å². The van der Waals surface area contributed by atoms with Gasteiger partial charge in [-0.15, -0.1) is 0 Å². The average Bonchev–Trinajstić information content (AvgIpc) is 3.23. The van der Waals surface area contributed by atoms with Crippen molar-refractivity contribution in [2.75, 3.05) is 37.7 Å². The molecule has 0 amide bonds. The van der Waals surface area contributed by atoms with Gasteiger partial charge < -0.3 is 10.2 Å². The first-order valence-electron chi connectivity index (χ1n) is 7.76. The fourth-order valence-corrected chi connectivity index (χ4v) is 3.76. The van der Waals surface area contributed by atoms with Gasteiger partial charge in [0.25, 0.3) is 0 Å². The molecule has 5 heteroatoms. The maximum absolute atomic E-state index is 11.5. The van der Waals surface area contributed by atoms with Gasteiger partial charge in [0, 0.05) is 18.3 Å². The molecular formula is C14H28N2O2S. The minimum Gasteiger partial charge on any atom is -0.316 e. The molecule has 2 aliphatic rings. The van der Waals surface area contributed by atoms with Crippen molar-refractivity contribution in [3.63, 3.8) is 0 Å². The Morgan fingerprint density at radius 2 is 2.05 bits per heavy atom. The van der Waals surface area contributed by atoms with Crippen LogP contribution in [0.1, 0.15) is 39.0 Å². The van der Waals surface area contributed by atoms with Crippen molar-refractivity contribution in [3.8, 4) is 0 Å². The smallest absolute Gasteiger partial charge is 0.150 e. The Balaban J connectivity index is 1.73. The van der Waals surface area contributed by atoms with E-state index in [1.165, 1.54) is 25.7 Å². The number of sulfone groups is 1. The second kappa shape index (κ2) is 7.04. The summed E-state index contributed by atoms with van der Waals surface area (Å²) in [6.07, 6.45) is 6.02. The van der Waals surface area contributed by atoms with E-state index in [1.54, 1.807) is 6.92 Å². The first-order chi connectivity index (χ1) is 9.11. The van der Waals surface area contributed by atoms with Crippen LogP contribution in [0.25, 0.3) is 0 Å². The molecule has 1 aliphatic heterocycles. The lowest BCUT2D eigenvalue weighted by Gasteiger charge is -2.30. The fraction of sp³-hybridized carbons (Fsp3) is 1.00. The average molecular weight is 288 g/mol. The van der Waals surface area contributed by atoms with Crippen molar-refractivity contribution in [2.24, 2.45) is 5.92 Å². The third kappa shape index (κ3) is 5.40. The van der Waals surface area contributed by atoms with E-state index in [0.29, 0.717) is 5.75 Å². The number of hydrogen-bond donors (Lipinski definition) is 1. The van der Waals surface area contributed by atoms with Crippen LogP contribution >= 0.6 is 0 Å². The maximum atomic E-state index is 11.5. The number of rotatable bonds is 8. The summed E-state index contributed by atoms with van der Waals surface area (Å²) in [5.74, 6) is 1.40. The van der Waals surface area contributed by atoms with E-state index in [2.05, 4.69) is 10.2 Å². The van der Waals surface area contributed by atoms with Gasteiger partial charge in [-0.25, -0.2) is 8.42 Å². The largest absolute Gasteiger partial charge is 0.316 e. The van der Waals surface area contributed by atoms with Crippen LogP contribution < -0.4 is 5.32 Å². The zero-order valence-electron chi connectivity index (χ0n) is 12.1. The standard InChI is InChI=1S/C14H28N2O2S/c1-2-19(17,18)10-4-9-16(14-6-7-14)12-13-5-3-8-15-11-13/h13-15H,2-12H2,1H3. The van der Waals surface area contributed by atoms with Gasteiger partial charge in [0.15, 0.2) is 0 Å². The predicted octanol–water partition coefficient (Wildman–Crippen LogP) is 1.28. The summed E-state index contributed by atoms with van der Waals surface area (Å²) in [5.41, 5.74) is 0. The molecule has 4 nitrogen and oxygen atoms in total. The maximum Gasteiger partial charge on any atom is 0.150 e. The van der Waals surface area contributed by atoms with Gasteiger partial charge in [0.1, 0.15) is 9.84 Å². The zero-order chi connectivity index (χ0) is 13.7. The summed E-state index contributed by atoms with van der Waals surface area (Å²) >= 11 is 0. The van der Waals surface area contributed by atoms with Crippen LogP contribution in [0.2, 0.25) is 0 Å². The molecule has 1 aliphatic carbocycles. The molecule has 0 aromatic rings. The third-order valence-corrected chi connectivity index (χ3v) is 6.09. The summed E-state index contributed by atoms with van der Waals surface area (Å²) in [6.45, 7) is 6.15. The molecule has 2 rings (SSSR count). The minimum absolute atomic E-state index is 0.281. The first-order valence-corrected chi connectivity index (χ1v) is 9.58. The number of nitrogens with zero attached hydrogens (tertiary/aromatic N) is 1. The molecule has 0 bridgehead atoms. The minimum atomic E-state index is -2.79. The van der Waals surface area contributed by atoms with Crippen molar-refractivity contribution < 1.29 is 8.42 Å². The lowest BCUT2D eigenvalue weighted by molar-refractivity contribution is 0.200. The van der Waals surface area contributed by atoms with E-state index in [4.69, 9.17) is 0 Å². The Hall–Kier alpha value is -0.130. The van der Waals surface area contributed by atoms with Gasteiger partial charge in [0.2, 0.25) is 0 Å². The Bertz CT molecular complexity index is 360. The van der Waals surface area contributed by atoms with Crippen LogP contribution in [0.4, 0.5) is 0 Å². The van der Waals surface area contributed by atoms with Gasteiger partial charge in [-0.3, -0.25) is 0 Å². The van der Waals surface area contributed by atoms with Gasteiger partial charge >= 0.3 is 0 Å². The lowest BCUT2D eigenvalue weighted by Crippen LogP contribution is -2.40. The SMILES string of the molecule is CCS(=O)(=O)CCCN(CC1CCCNC1)C1CC1. The molecular weight excluding hydrogens is 260 g/mol. The van der Waals surface area contributed by atoms with E-state index >= 15 is 0 Å².